The van der Waals surface area contributed by atoms with Gasteiger partial charge in [-0.2, -0.15) is 0 Å². The van der Waals surface area contributed by atoms with Gasteiger partial charge in [-0.25, -0.2) is 0 Å². The Kier molecular flexibility index (Phi) is 14.7. The standard InChI is InChI=1S/C29H56N6O18/c30-2-8-15(38)18(41)12(34)26(47-8)51-23-7(33)1-6(32)14(37)25(23)53-29-22(45)24(52-27-13(35)19(42)16(39)9(3-31)48-27)11(50-29)5-46-28-21(44)20(43)17(40)10(4-36)49-28/h6-29,36-45H,1-5,30-35H2. The largest absolute Gasteiger partial charge is 0.394 e. The van der Waals surface area contributed by atoms with E-state index in [2.05, 4.69) is 0 Å². The maximum Gasteiger partial charge on any atom is 0.187 e. The second-order valence-electron chi connectivity index (χ2n) is 14.1. The zero-order valence-corrected chi connectivity index (χ0v) is 28.6. The van der Waals surface area contributed by atoms with Gasteiger partial charge in [-0.05, 0) is 6.42 Å². The van der Waals surface area contributed by atoms with E-state index in [9.17, 15) is 51.1 Å². The van der Waals surface area contributed by atoms with Crippen LogP contribution in [0.2, 0.25) is 0 Å². The first kappa shape index (κ1) is 43.2. The molecule has 24 heteroatoms. The zero-order chi connectivity index (χ0) is 39.0. The Morgan fingerprint density at radius 3 is 1.45 bits per heavy atom. The molecule has 53 heavy (non-hydrogen) atoms. The predicted molar refractivity (Wildman–Crippen MR) is 171 cm³/mol. The molecular weight excluding hydrogens is 720 g/mol. The van der Waals surface area contributed by atoms with Crippen LogP contribution in [0.3, 0.4) is 0 Å². The van der Waals surface area contributed by atoms with Crippen molar-refractivity contribution < 1.29 is 89.0 Å². The fourth-order valence-electron chi connectivity index (χ4n) is 7.12. The smallest absolute Gasteiger partial charge is 0.187 e. The highest BCUT2D eigenvalue weighted by Gasteiger charge is 2.55. The Labute approximate surface area is 303 Å². The third-order valence-corrected chi connectivity index (χ3v) is 10.5. The molecule has 1 aliphatic carbocycles. The van der Waals surface area contributed by atoms with E-state index in [4.69, 9.17) is 72.3 Å². The van der Waals surface area contributed by atoms with Crippen LogP contribution in [0, 0.1) is 0 Å². The molecule has 0 spiro atoms. The van der Waals surface area contributed by atoms with Crippen LogP contribution >= 0.6 is 0 Å². The first-order chi connectivity index (χ1) is 25.0. The molecule has 310 valence electrons. The van der Waals surface area contributed by atoms with Crippen LogP contribution in [-0.4, -0.2) is 224 Å². The molecule has 0 aromatic carbocycles. The highest BCUT2D eigenvalue weighted by atomic mass is 16.8. The summed E-state index contributed by atoms with van der Waals surface area (Å²) in [4.78, 5) is 0. The summed E-state index contributed by atoms with van der Waals surface area (Å²) in [6, 6.07) is -4.58. The van der Waals surface area contributed by atoms with Crippen molar-refractivity contribution in [1.82, 2.24) is 0 Å². The second-order valence-corrected chi connectivity index (χ2v) is 14.1. The molecule has 0 amide bonds. The molecule has 24 unspecified atom stereocenters. The molecule has 5 rings (SSSR count). The average molecular weight is 777 g/mol. The van der Waals surface area contributed by atoms with Gasteiger partial charge in [0.25, 0.3) is 0 Å². The molecule has 0 radical (unpaired) electrons. The molecule has 4 heterocycles. The molecule has 5 aliphatic rings. The van der Waals surface area contributed by atoms with E-state index in [-0.39, 0.29) is 19.5 Å². The lowest BCUT2D eigenvalue weighted by Crippen LogP contribution is -2.68. The van der Waals surface area contributed by atoms with Crippen molar-refractivity contribution in [2.75, 3.05) is 26.3 Å². The first-order valence-corrected chi connectivity index (χ1v) is 17.4. The van der Waals surface area contributed by atoms with E-state index in [0.29, 0.717) is 0 Å². The molecule has 4 aliphatic heterocycles. The Hall–Kier alpha value is -0.960. The van der Waals surface area contributed by atoms with Gasteiger partial charge < -0.3 is 123 Å². The van der Waals surface area contributed by atoms with Crippen molar-refractivity contribution in [1.29, 1.82) is 0 Å². The van der Waals surface area contributed by atoms with Crippen molar-refractivity contribution >= 4 is 0 Å². The summed E-state index contributed by atoms with van der Waals surface area (Å²) < 4.78 is 46.6. The van der Waals surface area contributed by atoms with Gasteiger partial charge in [0, 0.05) is 25.2 Å². The zero-order valence-electron chi connectivity index (χ0n) is 28.6. The Morgan fingerprint density at radius 1 is 0.453 bits per heavy atom. The third kappa shape index (κ3) is 8.81. The van der Waals surface area contributed by atoms with E-state index in [1.54, 1.807) is 0 Å². The van der Waals surface area contributed by atoms with Crippen LogP contribution in [0.1, 0.15) is 6.42 Å². The first-order valence-electron chi connectivity index (χ1n) is 17.4. The van der Waals surface area contributed by atoms with E-state index < -0.39 is 160 Å². The van der Waals surface area contributed by atoms with Crippen molar-refractivity contribution in [3.63, 3.8) is 0 Å². The Bertz CT molecular complexity index is 1160. The van der Waals surface area contributed by atoms with Crippen molar-refractivity contribution in [3.8, 4) is 0 Å². The number of ether oxygens (including phenoxy) is 8. The lowest BCUT2D eigenvalue weighted by atomic mass is 9.84. The van der Waals surface area contributed by atoms with E-state index in [1.165, 1.54) is 0 Å². The Morgan fingerprint density at radius 2 is 0.925 bits per heavy atom. The van der Waals surface area contributed by atoms with Crippen LogP contribution in [0.4, 0.5) is 0 Å². The van der Waals surface area contributed by atoms with Crippen molar-refractivity contribution in [2.24, 2.45) is 34.4 Å². The van der Waals surface area contributed by atoms with E-state index in [1.807, 2.05) is 0 Å². The van der Waals surface area contributed by atoms with Gasteiger partial charge in [0.05, 0.1) is 31.4 Å². The van der Waals surface area contributed by atoms with Crippen LogP contribution in [0.25, 0.3) is 0 Å². The SMILES string of the molecule is NCC1OC(OC2C(COC3OC(CO)C(O)C(O)C3O)OC(OC3C(O)C(N)CC(N)C3OC3OC(CN)C(O)C(O)C3N)C2O)C(N)C(O)C1O. The molecule has 4 saturated heterocycles. The Balaban J connectivity index is 1.37. The van der Waals surface area contributed by atoms with E-state index in [0.717, 1.165) is 0 Å². The summed E-state index contributed by atoms with van der Waals surface area (Å²) in [6.07, 6.45) is -29.8. The lowest BCUT2D eigenvalue weighted by Gasteiger charge is -2.47. The van der Waals surface area contributed by atoms with Gasteiger partial charge in [0.15, 0.2) is 25.2 Å². The molecule has 0 aromatic heterocycles. The second kappa shape index (κ2) is 18.1. The normalized spacial score (nSPS) is 53.9. The van der Waals surface area contributed by atoms with Crippen LogP contribution in [0.15, 0.2) is 0 Å². The topological polar surface area (TPSA) is 432 Å². The number of hydrogen-bond acceptors (Lipinski definition) is 24. The van der Waals surface area contributed by atoms with Crippen LogP contribution in [-0.2, 0) is 37.9 Å². The quantitative estimate of drug-likeness (QED) is 0.0874. The summed E-state index contributed by atoms with van der Waals surface area (Å²) in [5.74, 6) is 0. The summed E-state index contributed by atoms with van der Waals surface area (Å²) >= 11 is 0. The molecule has 24 nitrogen and oxygen atoms in total. The predicted octanol–water partition coefficient (Wildman–Crippen LogP) is -11.1. The minimum absolute atomic E-state index is 0.0158. The maximum atomic E-state index is 11.6. The molecule has 0 bridgehead atoms. The average Bonchev–Trinajstić information content (AvgIpc) is 3.43. The highest BCUT2D eigenvalue weighted by Crippen LogP contribution is 2.35. The minimum atomic E-state index is -1.80. The number of nitrogens with two attached hydrogens (primary N) is 6. The number of aliphatic hydroxyl groups excluding tert-OH is 10. The van der Waals surface area contributed by atoms with Gasteiger partial charge in [0.1, 0.15) is 91.6 Å². The summed E-state index contributed by atoms with van der Waals surface area (Å²) in [7, 11) is 0. The van der Waals surface area contributed by atoms with Crippen LogP contribution in [0.5, 0.6) is 0 Å². The van der Waals surface area contributed by atoms with Crippen molar-refractivity contribution in [2.45, 2.75) is 153 Å². The molecular formula is C29H56N6O18. The molecule has 24 atom stereocenters. The minimum Gasteiger partial charge on any atom is -0.394 e. The fraction of sp³-hybridized carbons (Fsp3) is 1.00. The van der Waals surface area contributed by atoms with E-state index >= 15 is 0 Å². The number of aliphatic hydroxyl groups is 10. The fourth-order valence-corrected chi connectivity index (χ4v) is 7.12. The molecule has 0 aromatic rings. The number of hydrogen-bond donors (Lipinski definition) is 16. The molecule has 22 N–H and O–H groups in total. The maximum absolute atomic E-state index is 11.6. The van der Waals surface area contributed by atoms with Gasteiger partial charge in [0.2, 0.25) is 0 Å². The van der Waals surface area contributed by atoms with Gasteiger partial charge in [-0.15, -0.1) is 0 Å². The van der Waals surface area contributed by atoms with Crippen LogP contribution < -0.4 is 34.4 Å². The highest BCUT2D eigenvalue weighted by molar-refractivity contribution is 5.02. The summed E-state index contributed by atoms with van der Waals surface area (Å²) in [5.41, 5.74) is 36.1. The van der Waals surface area contributed by atoms with Gasteiger partial charge >= 0.3 is 0 Å². The van der Waals surface area contributed by atoms with Crippen molar-refractivity contribution in [3.05, 3.63) is 0 Å². The number of rotatable bonds is 12. The summed E-state index contributed by atoms with van der Waals surface area (Å²) in [5, 5.41) is 105. The lowest BCUT2D eigenvalue weighted by molar-refractivity contribution is -0.315. The molecule has 5 fully saturated rings. The van der Waals surface area contributed by atoms with Gasteiger partial charge in [-0.3, -0.25) is 0 Å². The monoisotopic (exact) mass is 776 g/mol. The molecule has 1 saturated carbocycles. The van der Waals surface area contributed by atoms with Gasteiger partial charge in [-0.1, -0.05) is 0 Å². The third-order valence-electron chi connectivity index (χ3n) is 10.5. The summed E-state index contributed by atoms with van der Waals surface area (Å²) in [6.45, 7) is -1.78.